The highest BCUT2D eigenvalue weighted by atomic mass is 16.5. The molecule has 32 heavy (non-hydrogen) atoms. The van der Waals surface area contributed by atoms with Crippen molar-refractivity contribution in [2.45, 2.75) is 13.3 Å². The van der Waals surface area contributed by atoms with Crippen LogP contribution in [0.4, 0.5) is 16.3 Å². The van der Waals surface area contributed by atoms with Crippen molar-refractivity contribution in [1.29, 1.82) is 0 Å². The first-order valence-corrected chi connectivity index (χ1v) is 10.6. The maximum Gasteiger partial charge on any atom is 0.339 e. The molecule has 0 unspecified atom stereocenters. The minimum Gasteiger partial charge on any atom is -0.475 e. The first-order valence-electron chi connectivity index (χ1n) is 10.6. The molecule has 1 saturated heterocycles. The SMILES string of the molecule is CCOC(=O)c1ccc(N2CCCN(C(=O)Nc3ccc(OCCOC)nc3)CC2)nc1. The van der Waals surface area contributed by atoms with Crippen LogP contribution in [0.1, 0.15) is 23.7 Å². The van der Waals surface area contributed by atoms with E-state index in [4.69, 9.17) is 14.2 Å². The third-order valence-electron chi connectivity index (χ3n) is 4.89. The van der Waals surface area contributed by atoms with Gasteiger partial charge in [-0.3, -0.25) is 0 Å². The van der Waals surface area contributed by atoms with E-state index < -0.39 is 0 Å². The van der Waals surface area contributed by atoms with Gasteiger partial charge in [0.05, 0.1) is 30.7 Å². The van der Waals surface area contributed by atoms with Crippen LogP contribution in [0.5, 0.6) is 5.88 Å². The zero-order valence-electron chi connectivity index (χ0n) is 18.5. The summed E-state index contributed by atoms with van der Waals surface area (Å²) in [6, 6.07) is 6.81. The molecule has 1 N–H and O–H groups in total. The van der Waals surface area contributed by atoms with Crippen LogP contribution in [0.2, 0.25) is 0 Å². The number of rotatable bonds is 8. The van der Waals surface area contributed by atoms with Gasteiger partial charge >= 0.3 is 12.0 Å². The summed E-state index contributed by atoms with van der Waals surface area (Å²) >= 11 is 0. The van der Waals surface area contributed by atoms with Crippen LogP contribution in [0, 0.1) is 0 Å². The number of anilines is 2. The van der Waals surface area contributed by atoms with Crippen LogP contribution in [0.15, 0.2) is 36.7 Å². The minimum atomic E-state index is -0.380. The van der Waals surface area contributed by atoms with Gasteiger partial charge in [0.1, 0.15) is 12.4 Å². The molecule has 3 rings (SSSR count). The zero-order chi connectivity index (χ0) is 22.8. The molecule has 0 aromatic carbocycles. The number of esters is 1. The van der Waals surface area contributed by atoms with E-state index in [2.05, 4.69) is 20.2 Å². The number of nitrogens with one attached hydrogen (secondary N) is 1. The average molecular weight is 444 g/mol. The Labute approximate surface area is 187 Å². The molecule has 0 bridgehead atoms. The molecule has 0 atom stereocenters. The highest BCUT2D eigenvalue weighted by Gasteiger charge is 2.20. The molecular formula is C22H29N5O5. The number of ether oxygens (including phenoxy) is 3. The van der Waals surface area contributed by atoms with Crippen molar-refractivity contribution in [3.05, 3.63) is 42.2 Å². The standard InChI is InChI=1S/C22H29N5O5/c1-3-31-21(28)17-5-7-19(23-15-17)26-9-4-10-27(12-11-26)22(29)25-18-6-8-20(24-16-18)32-14-13-30-2/h5-8,15-16H,3-4,9-14H2,1-2H3,(H,25,29). The Bertz CT molecular complexity index is 875. The number of methoxy groups -OCH3 is 1. The summed E-state index contributed by atoms with van der Waals surface area (Å²) in [7, 11) is 1.61. The molecule has 1 aliphatic heterocycles. The second-order valence-corrected chi connectivity index (χ2v) is 7.11. The van der Waals surface area contributed by atoms with Crippen LogP contribution >= 0.6 is 0 Å². The number of aromatic nitrogens is 2. The van der Waals surface area contributed by atoms with E-state index >= 15 is 0 Å². The lowest BCUT2D eigenvalue weighted by molar-refractivity contribution is 0.0526. The molecule has 2 aromatic heterocycles. The van der Waals surface area contributed by atoms with Gasteiger partial charge in [0.15, 0.2) is 0 Å². The quantitative estimate of drug-likeness (QED) is 0.490. The predicted octanol–water partition coefficient (Wildman–Crippen LogP) is 2.42. The lowest BCUT2D eigenvalue weighted by Gasteiger charge is -2.23. The number of nitrogens with zero attached hydrogens (tertiary/aromatic N) is 4. The second kappa shape index (κ2) is 11.8. The molecule has 172 valence electrons. The highest BCUT2D eigenvalue weighted by Crippen LogP contribution is 2.16. The summed E-state index contributed by atoms with van der Waals surface area (Å²) in [6.07, 6.45) is 3.90. The first kappa shape index (κ1) is 23.3. The van der Waals surface area contributed by atoms with Gasteiger partial charge < -0.3 is 29.3 Å². The molecule has 10 heteroatoms. The van der Waals surface area contributed by atoms with Crippen molar-refractivity contribution >= 4 is 23.5 Å². The van der Waals surface area contributed by atoms with E-state index in [1.54, 1.807) is 43.3 Å². The Kier molecular flexibility index (Phi) is 8.61. The number of hydrogen-bond acceptors (Lipinski definition) is 8. The predicted molar refractivity (Wildman–Crippen MR) is 119 cm³/mol. The molecule has 2 amide bonds. The van der Waals surface area contributed by atoms with Gasteiger partial charge in [-0.15, -0.1) is 0 Å². The number of carbonyl (C=O) groups excluding carboxylic acids is 2. The molecule has 1 fully saturated rings. The molecular weight excluding hydrogens is 414 g/mol. The van der Waals surface area contributed by atoms with Crippen molar-refractivity contribution in [1.82, 2.24) is 14.9 Å². The van der Waals surface area contributed by atoms with Crippen molar-refractivity contribution in [3.8, 4) is 5.88 Å². The Morgan fingerprint density at radius 1 is 1.03 bits per heavy atom. The van der Waals surface area contributed by atoms with Gasteiger partial charge in [-0.1, -0.05) is 0 Å². The van der Waals surface area contributed by atoms with E-state index in [1.165, 1.54) is 6.20 Å². The lowest BCUT2D eigenvalue weighted by Crippen LogP contribution is -2.38. The second-order valence-electron chi connectivity index (χ2n) is 7.11. The molecule has 0 aliphatic carbocycles. The molecule has 0 radical (unpaired) electrons. The Balaban J connectivity index is 1.51. The molecule has 3 heterocycles. The van der Waals surface area contributed by atoms with E-state index in [9.17, 15) is 9.59 Å². The van der Waals surface area contributed by atoms with E-state index in [0.29, 0.717) is 56.6 Å². The van der Waals surface area contributed by atoms with Crippen LogP contribution in [0.25, 0.3) is 0 Å². The molecule has 0 saturated carbocycles. The molecule has 0 spiro atoms. The third-order valence-corrected chi connectivity index (χ3v) is 4.89. The van der Waals surface area contributed by atoms with E-state index in [-0.39, 0.29) is 12.0 Å². The van der Waals surface area contributed by atoms with Gasteiger partial charge in [0, 0.05) is 45.6 Å². The van der Waals surface area contributed by atoms with Crippen molar-refractivity contribution in [3.63, 3.8) is 0 Å². The summed E-state index contributed by atoms with van der Waals surface area (Å²) in [5.41, 5.74) is 1.03. The molecule has 10 nitrogen and oxygen atoms in total. The number of amides is 2. The third kappa shape index (κ3) is 6.55. The fourth-order valence-corrected chi connectivity index (χ4v) is 3.23. The van der Waals surface area contributed by atoms with Crippen LogP contribution in [-0.2, 0) is 9.47 Å². The fraction of sp³-hybridized carbons (Fsp3) is 0.455. The number of carbonyl (C=O) groups is 2. The molecule has 1 aliphatic rings. The summed E-state index contributed by atoms with van der Waals surface area (Å²) in [5, 5.41) is 2.88. The van der Waals surface area contributed by atoms with Gasteiger partial charge in [0.2, 0.25) is 5.88 Å². The monoisotopic (exact) mass is 443 g/mol. The first-order chi connectivity index (χ1) is 15.6. The van der Waals surface area contributed by atoms with E-state index in [0.717, 1.165) is 18.8 Å². The zero-order valence-corrected chi connectivity index (χ0v) is 18.5. The number of hydrogen-bond donors (Lipinski definition) is 1. The van der Waals surface area contributed by atoms with E-state index in [1.807, 2.05) is 6.07 Å². The normalized spacial score (nSPS) is 13.9. The summed E-state index contributed by atoms with van der Waals surface area (Å²) < 4.78 is 15.4. The molecule has 2 aromatic rings. The van der Waals surface area contributed by atoms with Gasteiger partial charge in [-0.25, -0.2) is 19.6 Å². The number of urea groups is 1. The van der Waals surface area contributed by atoms with Crippen molar-refractivity contribution in [2.75, 3.05) is 63.3 Å². The number of pyridine rings is 2. The van der Waals surface area contributed by atoms with Crippen LogP contribution < -0.4 is 15.0 Å². The topological polar surface area (TPSA) is 106 Å². The Morgan fingerprint density at radius 3 is 2.59 bits per heavy atom. The van der Waals surface area contributed by atoms with Crippen molar-refractivity contribution < 1.29 is 23.8 Å². The average Bonchev–Trinajstić information content (AvgIpc) is 3.07. The summed E-state index contributed by atoms with van der Waals surface area (Å²) in [4.78, 5) is 37.0. The maximum atomic E-state index is 12.7. The van der Waals surface area contributed by atoms with Gasteiger partial charge in [0.25, 0.3) is 0 Å². The van der Waals surface area contributed by atoms with Crippen molar-refractivity contribution in [2.24, 2.45) is 0 Å². The van der Waals surface area contributed by atoms with Gasteiger partial charge in [-0.2, -0.15) is 0 Å². The Morgan fingerprint density at radius 2 is 1.91 bits per heavy atom. The lowest BCUT2D eigenvalue weighted by atomic mass is 10.2. The highest BCUT2D eigenvalue weighted by molar-refractivity contribution is 5.89. The Hall–Kier alpha value is -3.40. The van der Waals surface area contributed by atoms with Crippen LogP contribution in [-0.4, -0.2) is 80.0 Å². The largest absolute Gasteiger partial charge is 0.475 e. The minimum absolute atomic E-state index is 0.174. The smallest absolute Gasteiger partial charge is 0.339 e. The summed E-state index contributed by atoms with van der Waals surface area (Å²) in [6.45, 7) is 5.59. The van der Waals surface area contributed by atoms with Gasteiger partial charge in [-0.05, 0) is 31.5 Å². The fourth-order valence-electron chi connectivity index (χ4n) is 3.23. The van der Waals surface area contributed by atoms with Crippen LogP contribution in [0.3, 0.4) is 0 Å². The summed E-state index contributed by atoms with van der Waals surface area (Å²) in [5.74, 6) is 0.870. The maximum absolute atomic E-state index is 12.7.